The molecule has 1 aromatic carbocycles. The predicted octanol–water partition coefficient (Wildman–Crippen LogP) is 1.50. The van der Waals surface area contributed by atoms with Crippen LogP contribution in [0.1, 0.15) is 25.1 Å². The number of rotatable bonds is 6. The summed E-state index contributed by atoms with van der Waals surface area (Å²) in [5, 5.41) is 0.600. The zero-order chi connectivity index (χ0) is 16.9. The van der Waals surface area contributed by atoms with Crippen molar-refractivity contribution in [2.45, 2.75) is 31.1 Å². The van der Waals surface area contributed by atoms with Gasteiger partial charge in [0.25, 0.3) is 5.56 Å². The van der Waals surface area contributed by atoms with Crippen LogP contribution in [0.15, 0.2) is 29.1 Å². The van der Waals surface area contributed by atoms with Crippen LogP contribution < -0.4 is 11.3 Å². The van der Waals surface area contributed by atoms with Crippen molar-refractivity contribution in [1.29, 1.82) is 0 Å². The first-order valence-electron chi connectivity index (χ1n) is 8.24. The maximum atomic E-state index is 12.2. The van der Waals surface area contributed by atoms with Gasteiger partial charge in [0.2, 0.25) is 5.91 Å². The van der Waals surface area contributed by atoms with E-state index < -0.39 is 0 Å². The molecular weight excluding hydrogens is 324 g/mol. The Hall–Kier alpha value is -1.86. The van der Waals surface area contributed by atoms with E-state index in [0.717, 1.165) is 19.4 Å². The molecule has 1 fully saturated rings. The van der Waals surface area contributed by atoms with Gasteiger partial charge in [-0.05, 0) is 25.0 Å². The molecule has 0 saturated carbocycles. The Morgan fingerprint density at radius 2 is 2.25 bits per heavy atom. The first-order valence-corrected chi connectivity index (χ1v) is 9.39. The van der Waals surface area contributed by atoms with Crippen molar-refractivity contribution in [1.82, 2.24) is 14.9 Å². The minimum atomic E-state index is -0.116. The number of thioether (sulfide) groups is 1. The van der Waals surface area contributed by atoms with Gasteiger partial charge in [0, 0.05) is 31.3 Å². The first-order chi connectivity index (χ1) is 11.7. The number of hydrogen-bond acceptors (Lipinski definition) is 5. The van der Waals surface area contributed by atoms with E-state index in [1.807, 2.05) is 23.1 Å². The molecule has 1 aliphatic rings. The van der Waals surface area contributed by atoms with Crippen molar-refractivity contribution in [3.8, 4) is 0 Å². The monoisotopic (exact) mass is 346 g/mol. The average Bonchev–Trinajstić information content (AvgIpc) is 3.07. The van der Waals surface area contributed by atoms with E-state index >= 15 is 0 Å². The lowest BCUT2D eigenvalue weighted by molar-refractivity contribution is -0.131. The lowest BCUT2D eigenvalue weighted by Crippen LogP contribution is -2.40. The summed E-state index contributed by atoms with van der Waals surface area (Å²) in [4.78, 5) is 33.4. The Bertz CT molecular complexity index is 777. The number of nitrogens with two attached hydrogens (primary N) is 1. The summed E-state index contributed by atoms with van der Waals surface area (Å²) < 4.78 is 0. The van der Waals surface area contributed by atoms with Crippen LogP contribution in [0.2, 0.25) is 0 Å². The lowest BCUT2D eigenvalue weighted by Gasteiger charge is -2.23. The summed E-state index contributed by atoms with van der Waals surface area (Å²) in [7, 11) is 0. The van der Waals surface area contributed by atoms with E-state index in [4.69, 9.17) is 5.73 Å². The largest absolute Gasteiger partial charge is 0.338 e. The summed E-state index contributed by atoms with van der Waals surface area (Å²) in [6.45, 7) is 1.37. The maximum absolute atomic E-state index is 12.2. The lowest BCUT2D eigenvalue weighted by atomic mass is 10.2. The van der Waals surface area contributed by atoms with Crippen LogP contribution in [-0.4, -0.2) is 45.7 Å². The highest BCUT2D eigenvalue weighted by atomic mass is 32.2. The first kappa shape index (κ1) is 17.0. The number of nitrogens with one attached hydrogen (secondary N) is 1. The van der Waals surface area contributed by atoms with Gasteiger partial charge in [0.15, 0.2) is 0 Å². The number of fused-ring (bicyclic) bond motifs is 1. The maximum Gasteiger partial charge on any atom is 0.258 e. The Morgan fingerprint density at radius 3 is 3.08 bits per heavy atom. The zero-order valence-corrected chi connectivity index (χ0v) is 14.3. The third kappa shape index (κ3) is 3.79. The van der Waals surface area contributed by atoms with E-state index in [1.165, 1.54) is 0 Å². The molecule has 2 heterocycles. The number of H-pyrrole nitrogens is 1. The molecule has 7 heteroatoms. The van der Waals surface area contributed by atoms with Gasteiger partial charge in [-0.2, -0.15) is 11.8 Å². The molecule has 3 N–H and O–H groups in total. The second-order valence-electron chi connectivity index (χ2n) is 5.95. The van der Waals surface area contributed by atoms with Crippen molar-refractivity contribution in [2.24, 2.45) is 5.73 Å². The van der Waals surface area contributed by atoms with Crippen molar-refractivity contribution in [3.05, 3.63) is 40.4 Å². The molecule has 0 radical (unpaired) electrons. The number of aromatic nitrogens is 2. The molecule has 3 rings (SSSR count). The molecule has 0 bridgehead atoms. The molecular formula is C17H22N4O2S. The van der Waals surface area contributed by atoms with Gasteiger partial charge in [-0.1, -0.05) is 12.1 Å². The predicted molar refractivity (Wildman–Crippen MR) is 96.9 cm³/mol. The number of amides is 1. The minimum Gasteiger partial charge on any atom is -0.338 e. The topological polar surface area (TPSA) is 92.1 Å². The van der Waals surface area contributed by atoms with Gasteiger partial charge in [0.05, 0.1) is 16.7 Å². The highest BCUT2D eigenvalue weighted by Gasteiger charge is 2.26. The highest BCUT2D eigenvalue weighted by Crippen LogP contribution is 2.19. The van der Waals surface area contributed by atoms with Gasteiger partial charge in [-0.15, -0.1) is 0 Å². The number of carbonyl (C=O) groups is 1. The fourth-order valence-corrected chi connectivity index (χ4v) is 3.88. The average molecular weight is 346 g/mol. The standard InChI is InChI=1S/C17H22N4O2S/c18-10-12-4-3-8-21(12)16(22)7-9-24-11-15-19-14-6-2-1-5-13(14)17(23)20-15/h1-2,5-6,12H,3-4,7-11,18H2,(H,19,20,23). The second-order valence-corrected chi connectivity index (χ2v) is 7.06. The van der Waals surface area contributed by atoms with Crippen LogP contribution in [0.25, 0.3) is 10.9 Å². The fraction of sp³-hybridized carbons (Fsp3) is 0.471. The highest BCUT2D eigenvalue weighted by molar-refractivity contribution is 7.98. The van der Waals surface area contributed by atoms with Crippen LogP contribution in [0.5, 0.6) is 0 Å². The normalized spacial score (nSPS) is 17.5. The molecule has 1 saturated heterocycles. The SMILES string of the molecule is NCC1CCCN1C(=O)CCSCc1nc2ccccc2c(=O)[nH]1. The Balaban J connectivity index is 1.52. The molecule has 1 atom stereocenters. The van der Waals surface area contributed by atoms with Crippen LogP contribution in [-0.2, 0) is 10.5 Å². The number of nitrogens with zero attached hydrogens (tertiary/aromatic N) is 2. The van der Waals surface area contributed by atoms with E-state index in [9.17, 15) is 9.59 Å². The fourth-order valence-electron chi connectivity index (χ4n) is 3.08. The third-order valence-electron chi connectivity index (χ3n) is 4.33. The summed E-state index contributed by atoms with van der Waals surface area (Å²) in [5.41, 5.74) is 6.30. The molecule has 1 aromatic heterocycles. The molecule has 1 unspecified atom stereocenters. The molecule has 24 heavy (non-hydrogen) atoms. The molecule has 0 spiro atoms. The summed E-state index contributed by atoms with van der Waals surface area (Å²) in [6, 6.07) is 7.50. The number of para-hydroxylation sites is 1. The minimum absolute atomic E-state index is 0.116. The molecule has 1 aliphatic heterocycles. The summed E-state index contributed by atoms with van der Waals surface area (Å²) in [5.74, 6) is 2.13. The van der Waals surface area contributed by atoms with E-state index in [1.54, 1.807) is 17.8 Å². The number of aromatic amines is 1. The summed E-state index contributed by atoms with van der Waals surface area (Å²) >= 11 is 1.61. The van der Waals surface area contributed by atoms with Crippen LogP contribution >= 0.6 is 11.8 Å². The quantitative estimate of drug-likeness (QED) is 0.773. The number of carbonyl (C=O) groups excluding carboxylic acids is 1. The van der Waals surface area contributed by atoms with Gasteiger partial charge in [0.1, 0.15) is 5.82 Å². The van der Waals surface area contributed by atoms with Crippen molar-refractivity contribution in [2.75, 3.05) is 18.8 Å². The molecule has 1 amide bonds. The molecule has 2 aromatic rings. The van der Waals surface area contributed by atoms with E-state index in [-0.39, 0.29) is 17.5 Å². The van der Waals surface area contributed by atoms with Gasteiger partial charge in [-0.3, -0.25) is 9.59 Å². The third-order valence-corrected chi connectivity index (χ3v) is 5.30. The van der Waals surface area contributed by atoms with Crippen LogP contribution in [0.4, 0.5) is 0 Å². The Kier molecular flexibility index (Phi) is 5.52. The number of benzene rings is 1. The van der Waals surface area contributed by atoms with Crippen LogP contribution in [0.3, 0.4) is 0 Å². The molecule has 128 valence electrons. The van der Waals surface area contributed by atoms with Crippen LogP contribution in [0, 0.1) is 0 Å². The zero-order valence-electron chi connectivity index (χ0n) is 13.5. The van der Waals surface area contributed by atoms with Gasteiger partial charge < -0.3 is 15.6 Å². The summed E-state index contributed by atoms with van der Waals surface area (Å²) in [6.07, 6.45) is 2.56. The smallest absolute Gasteiger partial charge is 0.258 e. The molecule has 0 aliphatic carbocycles. The van der Waals surface area contributed by atoms with Crippen molar-refractivity contribution < 1.29 is 4.79 Å². The second kappa shape index (κ2) is 7.81. The molecule has 6 nitrogen and oxygen atoms in total. The van der Waals surface area contributed by atoms with E-state index in [0.29, 0.717) is 41.2 Å². The number of likely N-dealkylation sites (tertiary alicyclic amines) is 1. The van der Waals surface area contributed by atoms with Gasteiger partial charge in [-0.25, -0.2) is 4.98 Å². The van der Waals surface area contributed by atoms with Crippen molar-refractivity contribution >= 4 is 28.6 Å². The van der Waals surface area contributed by atoms with E-state index in [2.05, 4.69) is 9.97 Å². The Labute approximate surface area is 144 Å². The van der Waals surface area contributed by atoms with Crippen molar-refractivity contribution in [3.63, 3.8) is 0 Å². The van der Waals surface area contributed by atoms with Gasteiger partial charge >= 0.3 is 0 Å². The Morgan fingerprint density at radius 1 is 1.42 bits per heavy atom. The number of hydrogen-bond donors (Lipinski definition) is 2.